The van der Waals surface area contributed by atoms with Crippen molar-refractivity contribution in [3.8, 4) is 0 Å². The highest BCUT2D eigenvalue weighted by Gasteiger charge is 2.37. The zero-order valence-corrected chi connectivity index (χ0v) is 20.6. The maximum Gasteiger partial charge on any atom is 0.338 e. The van der Waals surface area contributed by atoms with Crippen LogP contribution in [0.3, 0.4) is 0 Å². The monoisotopic (exact) mass is 503 g/mol. The van der Waals surface area contributed by atoms with Gasteiger partial charge in [0.25, 0.3) is 11.8 Å². The number of esters is 1. The number of fused-ring (bicyclic) bond motifs is 4. The van der Waals surface area contributed by atoms with Crippen LogP contribution in [0.4, 0.5) is 5.69 Å². The first-order valence-electron chi connectivity index (χ1n) is 12.0. The smallest absolute Gasteiger partial charge is 0.338 e. The summed E-state index contributed by atoms with van der Waals surface area (Å²) >= 11 is 0. The number of hydrogen-bond donors (Lipinski definition) is 0. The lowest BCUT2D eigenvalue weighted by atomic mass is 10.0. The quantitative estimate of drug-likeness (QED) is 0.165. The first-order valence-corrected chi connectivity index (χ1v) is 12.0. The Morgan fingerprint density at radius 1 is 0.789 bits per heavy atom. The molecule has 0 fully saturated rings. The summed E-state index contributed by atoms with van der Waals surface area (Å²) in [5.41, 5.74) is 4.19. The molecule has 0 bridgehead atoms. The highest BCUT2D eigenvalue weighted by Crippen LogP contribution is 2.35. The molecule has 5 aromatic rings. The minimum atomic E-state index is -0.756. The van der Waals surface area contributed by atoms with Crippen LogP contribution in [0.25, 0.3) is 21.9 Å². The second kappa shape index (κ2) is 8.81. The number of nitrogens with zero attached hydrogens (tertiary/aromatic N) is 1. The van der Waals surface area contributed by atoms with Gasteiger partial charge in [0.1, 0.15) is 11.2 Å². The summed E-state index contributed by atoms with van der Waals surface area (Å²) in [5, 5.41) is 1.82. The molecule has 1 aromatic heterocycles. The zero-order chi connectivity index (χ0) is 26.6. The average Bonchev–Trinajstić information content (AvgIpc) is 3.41. The molecule has 1 aliphatic heterocycles. The fourth-order valence-electron chi connectivity index (χ4n) is 4.78. The molecule has 38 heavy (non-hydrogen) atoms. The van der Waals surface area contributed by atoms with Crippen LogP contribution in [0.15, 0.2) is 83.3 Å². The third-order valence-electron chi connectivity index (χ3n) is 6.77. The molecule has 0 N–H and O–H groups in total. The summed E-state index contributed by atoms with van der Waals surface area (Å²) < 4.78 is 11.1. The number of carbonyl (C=O) groups excluding carboxylic acids is 4. The molecule has 186 valence electrons. The van der Waals surface area contributed by atoms with Gasteiger partial charge in [-0.25, -0.2) is 9.69 Å². The van der Waals surface area contributed by atoms with Gasteiger partial charge in [0.2, 0.25) is 5.78 Å². The molecule has 0 radical (unpaired) electrons. The number of benzene rings is 4. The average molecular weight is 504 g/mol. The van der Waals surface area contributed by atoms with E-state index in [2.05, 4.69) is 0 Å². The lowest BCUT2D eigenvalue weighted by Crippen LogP contribution is -2.29. The topological polar surface area (TPSA) is 93.9 Å². The number of carbonyl (C=O) groups is 4. The van der Waals surface area contributed by atoms with Crippen LogP contribution in [-0.2, 0) is 4.74 Å². The number of anilines is 1. The van der Waals surface area contributed by atoms with Crippen LogP contribution >= 0.6 is 0 Å². The van der Waals surface area contributed by atoms with Crippen molar-refractivity contribution in [2.45, 2.75) is 13.8 Å². The lowest BCUT2D eigenvalue weighted by Gasteiger charge is -2.13. The highest BCUT2D eigenvalue weighted by molar-refractivity contribution is 6.35. The minimum Gasteiger partial charge on any atom is -0.456 e. The fraction of sp³-hybridized carbons (Fsp3) is 0.0968. The van der Waals surface area contributed by atoms with Gasteiger partial charge in [0.05, 0.1) is 22.4 Å². The van der Waals surface area contributed by atoms with Crippen molar-refractivity contribution >= 4 is 51.2 Å². The van der Waals surface area contributed by atoms with Crippen LogP contribution in [0.1, 0.15) is 52.6 Å². The van der Waals surface area contributed by atoms with E-state index in [9.17, 15) is 19.2 Å². The Balaban J connectivity index is 1.24. The molecule has 1 aliphatic rings. The fourth-order valence-corrected chi connectivity index (χ4v) is 4.78. The van der Waals surface area contributed by atoms with Gasteiger partial charge in [0.15, 0.2) is 6.61 Å². The third kappa shape index (κ3) is 3.76. The van der Waals surface area contributed by atoms with Crippen molar-refractivity contribution in [2.24, 2.45) is 0 Å². The van der Waals surface area contributed by atoms with Gasteiger partial charge in [-0.05, 0) is 61.9 Å². The lowest BCUT2D eigenvalue weighted by molar-refractivity contribution is 0.0474. The second-order valence-electron chi connectivity index (χ2n) is 9.30. The summed E-state index contributed by atoms with van der Waals surface area (Å²) in [6.45, 7) is 3.26. The number of ketones is 1. The van der Waals surface area contributed by atoms with E-state index in [1.807, 2.05) is 56.3 Å². The van der Waals surface area contributed by atoms with Crippen LogP contribution in [0.2, 0.25) is 0 Å². The zero-order valence-electron chi connectivity index (χ0n) is 20.6. The standard InChI is InChI=1S/C31H21NO6/c1-17-7-8-18(2)24(13-17)26(33)16-37-31(36)19-9-11-23-25(14-19)30(35)32(29(23)34)20-10-12-22-21-5-3-4-6-27(21)38-28(22)15-20/h3-15H,16H2,1-2H3. The van der Waals surface area contributed by atoms with E-state index in [1.165, 1.54) is 18.2 Å². The SMILES string of the molecule is Cc1ccc(C)c(C(=O)COC(=O)c2ccc3c(c2)C(=O)N(c2ccc4c(c2)oc2ccccc24)C3=O)c1. The molecule has 0 saturated heterocycles. The van der Waals surface area contributed by atoms with Gasteiger partial charge < -0.3 is 9.15 Å². The highest BCUT2D eigenvalue weighted by atomic mass is 16.5. The first-order chi connectivity index (χ1) is 18.3. The molecule has 2 heterocycles. The van der Waals surface area contributed by atoms with E-state index in [-0.39, 0.29) is 22.5 Å². The maximum atomic E-state index is 13.3. The van der Waals surface area contributed by atoms with E-state index >= 15 is 0 Å². The predicted molar refractivity (Wildman–Crippen MR) is 142 cm³/mol. The minimum absolute atomic E-state index is 0.0771. The Kier molecular flexibility index (Phi) is 5.42. The molecular formula is C31H21NO6. The number of rotatable bonds is 5. The van der Waals surface area contributed by atoms with Gasteiger partial charge >= 0.3 is 5.97 Å². The largest absolute Gasteiger partial charge is 0.456 e. The number of Topliss-reactive ketones (excluding diaryl/α,β-unsaturated/α-hetero) is 1. The molecule has 2 amide bonds. The molecule has 4 aromatic carbocycles. The van der Waals surface area contributed by atoms with Gasteiger partial charge in [0, 0.05) is 22.4 Å². The van der Waals surface area contributed by atoms with Crippen molar-refractivity contribution in [3.05, 3.63) is 112 Å². The second-order valence-corrected chi connectivity index (χ2v) is 9.30. The van der Waals surface area contributed by atoms with Crippen molar-refractivity contribution in [1.29, 1.82) is 0 Å². The van der Waals surface area contributed by atoms with Crippen molar-refractivity contribution in [3.63, 3.8) is 0 Å². The Bertz CT molecular complexity index is 1830. The van der Waals surface area contributed by atoms with E-state index in [4.69, 9.17) is 9.15 Å². The Morgan fingerprint density at radius 3 is 2.39 bits per heavy atom. The molecule has 0 saturated carbocycles. The Hall–Kier alpha value is -5.04. The number of aryl methyl sites for hydroxylation is 2. The number of ether oxygens (including phenoxy) is 1. The molecule has 0 spiro atoms. The van der Waals surface area contributed by atoms with Crippen LogP contribution in [0.5, 0.6) is 0 Å². The van der Waals surface area contributed by atoms with Crippen molar-refractivity contribution in [2.75, 3.05) is 11.5 Å². The number of amides is 2. The molecular weight excluding hydrogens is 482 g/mol. The van der Waals surface area contributed by atoms with E-state index in [0.29, 0.717) is 22.4 Å². The van der Waals surface area contributed by atoms with Crippen LogP contribution in [-0.4, -0.2) is 30.2 Å². The molecule has 7 nitrogen and oxygen atoms in total. The first kappa shape index (κ1) is 23.4. The summed E-state index contributed by atoms with van der Waals surface area (Å²) in [6, 6.07) is 22.4. The molecule has 6 rings (SSSR count). The normalized spacial score (nSPS) is 12.8. The van der Waals surface area contributed by atoms with Gasteiger partial charge in [-0.1, -0.05) is 35.9 Å². The van der Waals surface area contributed by atoms with E-state index in [0.717, 1.165) is 26.8 Å². The molecule has 0 aliphatic carbocycles. The van der Waals surface area contributed by atoms with Gasteiger partial charge in [-0.15, -0.1) is 0 Å². The predicted octanol–water partition coefficient (Wildman–Crippen LogP) is 6.04. The number of furan rings is 1. The van der Waals surface area contributed by atoms with Crippen LogP contribution < -0.4 is 4.90 Å². The third-order valence-corrected chi connectivity index (χ3v) is 6.77. The maximum absolute atomic E-state index is 13.3. The Labute approximate surface area is 217 Å². The number of imide groups is 1. The molecule has 0 unspecified atom stereocenters. The van der Waals surface area contributed by atoms with Crippen molar-refractivity contribution < 1.29 is 28.3 Å². The van der Waals surface area contributed by atoms with Gasteiger partial charge in [-0.2, -0.15) is 0 Å². The summed E-state index contributed by atoms with van der Waals surface area (Å²) in [6.07, 6.45) is 0. The number of para-hydroxylation sites is 1. The number of hydrogen-bond acceptors (Lipinski definition) is 6. The van der Waals surface area contributed by atoms with E-state index in [1.54, 1.807) is 18.2 Å². The summed E-state index contributed by atoms with van der Waals surface area (Å²) in [7, 11) is 0. The summed E-state index contributed by atoms with van der Waals surface area (Å²) in [5.74, 6) is -2.12. The Morgan fingerprint density at radius 2 is 1.55 bits per heavy atom. The molecule has 7 heteroatoms. The van der Waals surface area contributed by atoms with Crippen molar-refractivity contribution in [1.82, 2.24) is 0 Å². The van der Waals surface area contributed by atoms with E-state index < -0.39 is 24.4 Å². The van der Waals surface area contributed by atoms with Crippen LogP contribution in [0, 0.1) is 13.8 Å². The molecule has 0 atom stereocenters. The van der Waals surface area contributed by atoms with Gasteiger partial charge in [-0.3, -0.25) is 14.4 Å². The summed E-state index contributed by atoms with van der Waals surface area (Å²) in [4.78, 5) is 52.8.